The summed E-state index contributed by atoms with van der Waals surface area (Å²) in [5.41, 5.74) is 9.51. The number of carboxylic acid groups (broad SMARTS) is 1. The molecule has 1 aromatic heterocycles. The fraction of sp³-hybridized carbons (Fsp3) is 0.644. The number of aliphatic hydroxyl groups excluding tert-OH is 1. The molecule has 2 amide bonds. The molecule has 0 unspecified atom stereocenters. The van der Waals surface area contributed by atoms with Crippen molar-refractivity contribution in [3.8, 4) is 11.1 Å². The van der Waals surface area contributed by atoms with Crippen molar-refractivity contribution in [2.24, 2.45) is 10.7 Å². The SMILES string of the molecule is CCCN(OCCO)C(=O)C1=Cc2ccc(-c3cnc(CNC(=O)CCOCCOCCOCCOCCOCCOCCOCCOCCOCCOCCC(=O)O)nc3)cc2N=C(N)C1. The molecule has 2 aromatic rings. The van der Waals surface area contributed by atoms with Crippen molar-refractivity contribution < 1.29 is 76.8 Å². The lowest BCUT2D eigenvalue weighted by Crippen LogP contribution is -2.35. The van der Waals surface area contributed by atoms with Gasteiger partial charge in [0.25, 0.3) is 5.91 Å². The lowest BCUT2D eigenvalue weighted by atomic mass is 10.0. The Hall–Kier alpha value is -4.56. The number of amides is 2. The highest BCUT2D eigenvalue weighted by Crippen LogP contribution is 2.32. The van der Waals surface area contributed by atoms with Gasteiger partial charge in [-0.25, -0.2) is 20.0 Å². The zero-order valence-corrected chi connectivity index (χ0v) is 38.7. The van der Waals surface area contributed by atoms with Crippen molar-refractivity contribution in [3.63, 3.8) is 0 Å². The van der Waals surface area contributed by atoms with Crippen LogP contribution in [0.25, 0.3) is 17.2 Å². The van der Waals surface area contributed by atoms with Gasteiger partial charge in [-0.2, -0.15) is 0 Å². The average Bonchev–Trinajstić information content (AvgIpc) is 3.49. The van der Waals surface area contributed by atoms with Crippen LogP contribution in [-0.2, 0) is 73.1 Å². The summed E-state index contributed by atoms with van der Waals surface area (Å²) in [4.78, 5) is 54.7. The quantitative estimate of drug-likeness (QED) is 0.0545. The van der Waals surface area contributed by atoms with Crippen molar-refractivity contribution >= 4 is 35.4 Å². The molecule has 0 bridgehead atoms. The van der Waals surface area contributed by atoms with Gasteiger partial charge >= 0.3 is 5.97 Å². The summed E-state index contributed by atoms with van der Waals surface area (Å²) in [5.74, 6) is -0.666. The van der Waals surface area contributed by atoms with Gasteiger partial charge in [0.1, 0.15) is 11.7 Å². The molecule has 67 heavy (non-hydrogen) atoms. The summed E-state index contributed by atoms with van der Waals surface area (Å²) in [6, 6.07) is 5.59. The van der Waals surface area contributed by atoms with Gasteiger partial charge < -0.3 is 68.6 Å². The number of fused-ring (bicyclic) bond motifs is 1. The number of rotatable bonds is 42. The number of ether oxygens (including phenoxy) is 10. The molecule has 1 aliphatic rings. The van der Waals surface area contributed by atoms with Crippen molar-refractivity contribution in [2.45, 2.75) is 39.2 Å². The van der Waals surface area contributed by atoms with Crippen molar-refractivity contribution in [3.05, 3.63) is 47.6 Å². The highest BCUT2D eigenvalue weighted by molar-refractivity contribution is 6.05. The molecule has 0 spiro atoms. The Balaban J connectivity index is 1.09. The maximum absolute atomic E-state index is 13.2. The van der Waals surface area contributed by atoms with E-state index in [0.717, 1.165) is 16.7 Å². The van der Waals surface area contributed by atoms with Crippen LogP contribution in [0.1, 0.15) is 44.0 Å². The van der Waals surface area contributed by atoms with Crippen LogP contribution in [0.15, 0.2) is 41.2 Å². The second-order valence-electron chi connectivity index (χ2n) is 14.4. The molecule has 2 heterocycles. The molecule has 376 valence electrons. The van der Waals surface area contributed by atoms with Crippen molar-refractivity contribution in [1.82, 2.24) is 20.3 Å². The largest absolute Gasteiger partial charge is 0.481 e. The first kappa shape index (κ1) is 56.8. The fourth-order valence-electron chi connectivity index (χ4n) is 5.71. The van der Waals surface area contributed by atoms with E-state index in [2.05, 4.69) is 20.3 Å². The maximum Gasteiger partial charge on any atom is 0.305 e. The molecule has 5 N–H and O–H groups in total. The Morgan fingerprint density at radius 3 is 1.57 bits per heavy atom. The van der Waals surface area contributed by atoms with Crippen LogP contribution in [0.5, 0.6) is 0 Å². The van der Waals surface area contributed by atoms with Gasteiger partial charge in [-0.15, -0.1) is 0 Å². The van der Waals surface area contributed by atoms with Crippen LogP contribution in [-0.4, -0.2) is 201 Å². The summed E-state index contributed by atoms with van der Waals surface area (Å²) in [7, 11) is 0. The number of hydrogen-bond donors (Lipinski definition) is 4. The van der Waals surface area contributed by atoms with E-state index in [1.807, 2.05) is 25.1 Å². The number of benzene rings is 1. The number of aliphatic imine (C=N–C) groups is 1. The van der Waals surface area contributed by atoms with Crippen LogP contribution in [0.2, 0.25) is 0 Å². The Morgan fingerprint density at radius 1 is 0.657 bits per heavy atom. The topological polar surface area (TPSA) is 273 Å². The smallest absolute Gasteiger partial charge is 0.305 e. The fourth-order valence-corrected chi connectivity index (χ4v) is 5.71. The first-order valence-electron chi connectivity index (χ1n) is 22.6. The van der Waals surface area contributed by atoms with Crippen LogP contribution in [0, 0.1) is 0 Å². The van der Waals surface area contributed by atoms with Gasteiger partial charge in [0, 0.05) is 48.5 Å². The number of aliphatic carboxylic acids is 1. The predicted octanol–water partition coefficient (Wildman–Crippen LogP) is 1.73. The third-order valence-corrected chi connectivity index (χ3v) is 9.03. The summed E-state index contributed by atoms with van der Waals surface area (Å²) in [6.07, 6.45) is 6.10. The van der Waals surface area contributed by atoms with E-state index < -0.39 is 5.97 Å². The van der Waals surface area contributed by atoms with E-state index in [0.29, 0.717) is 149 Å². The number of nitrogens with zero attached hydrogens (tertiary/aromatic N) is 4. The molecule has 0 saturated heterocycles. The zero-order chi connectivity index (χ0) is 48.0. The molecule has 3 rings (SSSR count). The number of carbonyl (C=O) groups excluding carboxylic acids is 2. The molecule has 1 aliphatic heterocycles. The minimum Gasteiger partial charge on any atom is -0.481 e. The average molecular weight is 951 g/mol. The summed E-state index contributed by atoms with van der Waals surface area (Å²) in [5, 5.41) is 21.7. The molecular weight excluding hydrogens is 881 g/mol. The standard InChI is InChI=1S/C45H70N6O16/c1-2-7-51(67-11-8-52)45(56)38-30-37-4-3-36(31-40(37)50-41(46)32-38)39-33-47-42(48-34-39)35-49-43(53)5-9-57-12-14-59-16-18-61-20-22-63-24-26-65-28-29-66-27-25-64-23-21-62-19-17-60-15-13-58-10-6-44(54)55/h3-4,30-31,33-34,52H,2,5-29,32,35H2,1H3,(H2,46,50)(H,49,53)(H,54,55). The van der Waals surface area contributed by atoms with Gasteiger partial charge in [-0.05, 0) is 24.1 Å². The molecular formula is C45H70N6O16. The van der Waals surface area contributed by atoms with Crippen molar-refractivity contribution in [1.29, 1.82) is 0 Å². The van der Waals surface area contributed by atoms with Crippen LogP contribution < -0.4 is 11.1 Å². The lowest BCUT2D eigenvalue weighted by Gasteiger charge is -2.22. The van der Waals surface area contributed by atoms with Crippen LogP contribution in [0.3, 0.4) is 0 Å². The lowest BCUT2D eigenvalue weighted by molar-refractivity contribution is -0.185. The van der Waals surface area contributed by atoms with Gasteiger partial charge in [0.15, 0.2) is 0 Å². The first-order valence-corrected chi connectivity index (χ1v) is 22.6. The Morgan fingerprint density at radius 2 is 1.12 bits per heavy atom. The van der Waals surface area contributed by atoms with Gasteiger partial charge in [0.2, 0.25) is 5.91 Å². The third-order valence-electron chi connectivity index (χ3n) is 9.03. The molecule has 0 radical (unpaired) electrons. The van der Waals surface area contributed by atoms with E-state index in [-0.39, 0.29) is 69.9 Å². The minimum atomic E-state index is -0.885. The van der Waals surface area contributed by atoms with Gasteiger partial charge in [-0.1, -0.05) is 19.1 Å². The Bertz CT molecular complexity index is 1720. The number of carboxylic acids is 1. The number of nitrogens with one attached hydrogen (secondary N) is 1. The number of amidine groups is 1. The number of hydrogen-bond acceptors (Lipinski definition) is 19. The summed E-state index contributed by atoms with van der Waals surface area (Å²) < 4.78 is 54.3. The zero-order valence-electron chi connectivity index (χ0n) is 38.7. The maximum atomic E-state index is 13.2. The molecule has 1 aromatic carbocycles. The molecule has 0 fully saturated rings. The first-order chi connectivity index (χ1) is 32.8. The third kappa shape index (κ3) is 27.1. The second kappa shape index (κ2) is 37.4. The van der Waals surface area contributed by atoms with E-state index in [4.69, 9.17) is 68.2 Å². The number of nitrogens with two attached hydrogens (primary N) is 1. The number of aromatic nitrogens is 2. The molecule has 22 heteroatoms. The van der Waals surface area contributed by atoms with Gasteiger partial charge in [-0.3, -0.25) is 19.2 Å². The summed E-state index contributed by atoms with van der Waals surface area (Å²) >= 11 is 0. The van der Waals surface area contributed by atoms with E-state index >= 15 is 0 Å². The van der Waals surface area contributed by atoms with Crippen LogP contribution >= 0.6 is 0 Å². The minimum absolute atomic E-state index is 0.0113. The second-order valence-corrected chi connectivity index (χ2v) is 14.4. The van der Waals surface area contributed by atoms with Crippen LogP contribution in [0.4, 0.5) is 5.69 Å². The highest BCUT2D eigenvalue weighted by atomic mass is 16.7. The number of carbonyl (C=O) groups is 3. The van der Waals surface area contributed by atoms with E-state index in [9.17, 15) is 14.4 Å². The summed E-state index contributed by atoms with van der Waals surface area (Å²) in [6.45, 7) is 10.4. The molecule has 0 saturated carbocycles. The molecule has 22 nitrogen and oxygen atoms in total. The van der Waals surface area contributed by atoms with E-state index in [1.54, 1.807) is 18.5 Å². The number of hydroxylamine groups is 2. The normalized spacial score (nSPS) is 12.3. The van der Waals surface area contributed by atoms with E-state index in [1.165, 1.54) is 5.06 Å². The van der Waals surface area contributed by atoms with Crippen molar-refractivity contribution in [2.75, 3.05) is 152 Å². The Kier molecular flexibility index (Phi) is 31.7. The number of aliphatic hydroxyl groups is 1. The van der Waals surface area contributed by atoms with Gasteiger partial charge in [0.05, 0.1) is 164 Å². The highest BCUT2D eigenvalue weighted by Gasteiger charge is 2.22. The molecule has 0 atom stereocenters. The predicted molar refractivity (Wildman–Crippen MR) is 243 cm³/mol. The Labute approximate surface area is 392 Å². The monoisotopic (exact) mass is 950 g/mol. The molecule has 0 aliphatic carbocycles.